The van der Waals surface area contributed by atoms with Gasteiger partial charge in [0.1, 0.15) is 5.75 Å². The van der Waals surface area contributed by atoms with Crippen LogP contribution >= 0.6 is 11.8 Å². The molecule has 0 aliphatic heterocycles. The van der Waals surface area contributed by atoms with E-state index in [0.29, 0.717) is 22.7 Å². The maximum absolute atomic E-state index is 12.7. The van der Waals surface area contributed by atoms with Crippen molar-refractivity contribution in [2.75, 3.05) is 12.8 Å². The molecule has 2 aromatic carbocycles. The van der Waals surface area contributed by atoms with Gasteiger partial charge in [0.25, 0.3) is 5.91 Å². The first-order chi connectivity index (χ1) is 15.9. The standard InChI is InChI=1S/C24H23F2N3O3S/c1-29(13-15-6-10-17(11-7-15)32-24(25)26)22(30)14-33-21-12-19(23(31)27-16-8-9-16)18-4-2-3-5-20(18)28-21/h2-7,10-12,16,24H,8-9,13-14H2,1H3,(H,27,31). The normalized spacial score (nSPS) is 13.2. The van der Waals surface area contributed by atoms with Crippen molar-refractivity contribution in [3.8, 4) is 5.75 Å². The van der Waals surface area contributed by atoms with Gasteiger partial charge in [0.15, 0.2) is 0 Å². The van der Waals surface area contributed by atoms with Gasteiger partial charge in [-0.25, -0.2) is 4.98 Å². The first-order valence-electron chi connectivity index (χ1n) is 10.5. The summed E-state index contributed by atoms with van der Waals surface area (Å²) in [6, 6.07) is 15.6. The van der Waals surface area contributed by atoms with Crippen molar-refractivity contribution in [2.45, 2.75) is 37.1 Å². The van der Waals surface area contributed by atoms with Crippen molar-refractivity contribution in [3.05, 3.63) is 65.7 Å². The van der Waals surface area contributed by atoms with Crippen molar-refractivity contribution in [1.82, 2.24) is 15.2 Å². The Morgan fingerprint density at radius 1 is 1.18 bits per heavy atom. The van der Waals surface area contributed by atoms with Crippen molar-refractivity contribution >= 4 is 34.5 Å². The molecule has 0 radical (unpaired) electrons. The lowest BCUT2D eigenvalue weighted by Crippen LogP contribution is -2.28. The molecular formula is C24H23F2N3O3S. The summed E-state index contributed by atoms with van der Waals surface area (Å²) >= 11 is 1.27. The third-order valence-electron chi connectivity index (χ3n) is 5.19. The Bertz CT molecular complexity index is 1150. The molecule has 0 unspecified atom stereocenters. The smallest absolute Gasteiger partial charge is 0.387 e. The van der Waals surface area contributed by atoms with Crippen LogP contribution in [-0.4, -0.2) is 47.2 Å². The molecule has 3 aromatic rings. The quantitative estimate of drug-likeness (QED) is 0.466. The van der Waals surface area contributed by atoms with Gasteiger partial charge in [0, 0.05) is 25.0 Å². The SMILES string of the molecule is CN(Cc1ccc(OC(F)F)cc1)C(=O)CSc1cc(C(=O)NC2CC2)c2ccccc2n1. The monoisotopic (exact) mass is 471 g/mol. The fourth-order valence-electron chi connectivity index (χ4n) is 3.29. The van der Waals surface area contributed by atoms with Crippen LogP contribution < -0.4 is 10.1 Å². The van der Waals surface area contributed by atoms with Crippen LogP contribution in [0.25, 0.3) is 10.9 Å². The van der Waals surface area contributed by atoms with Gasteiger partial charge in [0.05, 0.1) is 21.9 Å². The zero-order chi connectivity index (χ0) is 23.4. The van der Waals surface area contributed by atoms with E-state index in [-0.39, 0.29) is 29.4 Å². The van der Waals surface area contributed by atoms with E-state index >= 15 is 0 Å². The second-order valence-electron chi connectivity index (χ2n) is 7.83. The lowest BCUT2D eigenvalue weighted by molar-refractivity contribution is -0.127. The van der Waals surface area contributed by atoms with Crippen LogP contribution in [0.5, 0.6) is 5.75 Å². The number of hydrogen-bond acceptors (Lipinski definition) is 5. The maximum atomic E-state index is 12.7. The van der Waals surface area contributed by atoms with Crippen molar-refractivity contribution < 1.29 is 23.1 Å². The summed E-state index contributed by atoms with van der Waals surface area (Å²) in [6.07, 6.45) is 2.00. The van der Waals surface area contributed by atoms with Crippen LogP contribution in [0, 0.1) is 0 Å². The van der Waals surface area contributed by atoms with Crippen molar-refractivity contribution in [3.63, 3.8) is 0 Å². The third-order valence-corrected chi connectivity index (χ3v) is 6.08. The molecule has 1 aliphatic rings. The Balaban J connectivity index is 1.40. The average molecular weight is 472 g/mol. The lowest BCUT2D eigenvalue weighted by Gasteiger charge is -2.17. The molecule has 1 aromatic heterocycles. The number of nitrogens with zero attached hydrogens (tertiary/aromatic N) is 2. The number of ether oxygens (including phenoxy) is 1. The molecule has 4 rings (SSSR count). The van der Waals surface area contributed by atoms with Crippen LogP contribution in [0.1, 0.15) is 28.8 Å². The van der Waals surface area contributed by atoms with Gasteiger partial charge in [-0.15, -0.1) is 0 Å². The summed E-state index contributed by atoms with van der Waals surface area (Å²) < 4.78 is 28.9. The highest BCUT2D eigenvalue weighted by Crippen LogP contribution is 2.26. The average Bonchev–Trinajstić information content (AvgIpc) is 3.61. The molecule has 1 N–H and O–H groups in total. The highest BCUT2D eigenvalue weighted by atomic mass is 32.2. The van der Waals surface area contributed by atoms with E-state index in [2.05, 4.69) is 15.0 Å². The van der Waals surface area contributed by atoms with Crippen LogP contribution in [0.4, 0.5) is 8.78 Å². The second-order valence-corrected chi connectivity index (χ2v) is 8.83. The summed E-state index contributed by atoms with van der Waals surface area (Å²) in [4.78, 5) is 31.5. The van der Waals surface area contributed by atoms with Crippen molar-refractivity contribution in [2.24, 2.45) is 0 Å². The number of carbonyl (C=O) groups is 2. The number of nitrogens with one attached hydrogen (secondary N) is 1. The Kier molecular flexibility index (Phi) is 7.08. The Hall–Kier alpha value is -3.20. The molecule has 0 atom stereocenters. The molecule has 2 amide bonds. The Labute approximate surface area is 194 Å². The number of alkyl halides is 2. The van der Waals surface area contributed by atoms with Gasteiger partial charge in [-0.2, -0.15) is 8.78 Å². The molecule has 0 bridgehead atoms. The van der Waals surface area contributed by atoms with E-state index in [4.69, 9.17) is 0 Å². The topological polar surface area (TPSA) is 71.5 Å². The van der Waals surface area contributed by atoms with Crippen molar-refractivity contribution in [1.29, 1.82) is 0 Å². The van der Waals surface area contributed by atoms with Crippen LogP contribution in [0.15, 0.2) is 59.6 Å². The number of thioether (sulfide) groups is 1. The third kappa shape index (κ3) is 6.19. The first kappa shape index (κ1) is 23.0. The van der Waals surface area contributed by atoms with E-state index in [1.165, 1.54) is 23.9 Å². The summed E-state index contributed by atoms with van der Waals surface area (Å²) in [5.41, 5.74) is 2.05. The summed E-state index contributed by atoms with van der Waals surface area (Å²) in [5.74, 6) is -0.0207. The molecule has 0 spiro atoms. The number of para-hydroxylation sites is 1. The molecule has 1 aliphatic carbocycles. The molecule has 0 saturated heterocycles. The fraction of sp³-hybridized carbons (Fsp3) is 0.292. The fourth-order valence-corrected chi connectivity index (χ4v) is 4.14. The lowest BCUT2D eigenvalue weighted by atomic mass is 10.1. The molecule has 1 fully saturated rings. The molecule has 1 saturated carbocycles. The maximum Gasteiger partial charge on any atom is 0.387 e. The highest BCUT2D eigenvalue weighted by molar-refractivity contribution is 7.99. The van der Waals surface area contributed by atoms with Gasteiger partial charge in [0.2, 0.25) is 5.91 Å². The molecule has 172 valence electrons. The van der Waals surface area contributed by atoms with E-state index in [9.17, 15) is 18.4 Å². The highest BCUT2D eigenvalue weighted by Gasteiger charge is 2.25. The van der Waals surface area contributed by atoms with E-state index in [0.717, 1.165) is 23.8 Å². The molecule has 1 heterocycles. The predicted octanol–water partition coefficient (Wildman–Crippen LogP) is 4.48. The zero-order valence-electron chi connectivity index (χ0n) is 18.0. The number of rotatable bonds is 9. The van der Waals surface area contributed by atoms with E-state index in [1.807, 2.05) is 24.3 Å². The minimum absolute atomic E-state index is 0.0715. The van der Waals surface area contributed by atoms with Crippen LogP contribution in [-0.2, 0) is 11.3 Å². The number of fused-ring (bicyclic) bond motifs is 1. The minimum atomic E-state index is -2.87. The van der Waals surface area contributed by atoms with Gasteiger partial charge in [-0.1, -0.05) is 42.1 Å². The number of aromatic nitrogens is 1. The van der Waals surface area contributed by atoms with Gasteiger partial charge in [-0.05, 0) is 42.7 Å². The molecule has 9 heteroatoms. The number of benzene rings is 2. The number of amides is 2. The number of hydrogen-bond donors (Lipinski definition) is 1. The molecule has 33 heavy (non-hydrogen) atoms. The summed E-state index contributed by atoms with van der Waals surface area (Å²) in [6.45, 7) is -2.55. The number of pyridine rings is 1. The first-order valence-corrected chi connectivity index (χ1v) is 11.5. The van der Waals surface area contributed by atoms with Gasteiger partial charge < -0.3 is 15.0 Å². The molecular weight excluding hydrogens is 448 g/mol. The largest absolute Gasteiger partial charge is 0.435 e. The number of carbonyl (C=O) groups excluding carboxylic acids is 2. The zero-order valence-corrected chi connectivity index (χ0v) is 18.8. The van der Waals surface area contributed by atoms with Gasteiger partial charge >= 0.3 is 6.61 Å². The van der Waals surface area contributed by atoms with Crippen LogP contribution in [0.3, 0.4) is 0 Å². The van der Waals surface area contributed by atoms with Gasteiger partial charge in [-0.3, -0.25) is 9.59 Å². The summed E-state index contributed by atoms with van der Waals surface area (Å²) in [5, 5.41) is 4.39. The number of halogens is 2. The Morgan fingerprint density at radius 2 is 1.91 bits per heavy atom. The molecule has 6 nitrogen and oxygen atoms in total. The van der Waals surface area contributed by atoms with E-state index < -0.39 is 6.61 Å². The van der Waals surface area contributed by atoms with Crippen LogP contribution in [0.2, 0.25) is 0 Å². The minimum Gasteiger partial charge on any atom is -0.435 e. The summed E-state index contributed by atoms with van der Waals surface area (Å²) in [7, 11) is 1.68. The second kappa shape index (κ2) is 10.2. The Morgan fingerprint density at radius 3 is 2.61 bits per heavy atom. The van der Waals surface area contributed by atoms with E-state index in [1.54, 1.807) is 30.1 Å². The predicted molar refractivity (Wildman–Crippen MR) is 123 cm³/mol.